The second kappa shape index (κ2) is 6.25. The second-order valence-electron chi connectivity index (χ2n) is 6.01. The van der Waals surface area contributed by atoms with E-state index < -0.39 is 0 Å². The molecule has 0 fully saturated rings. The van der Waals surface area contributed by atoms with Crippen LogP contribution in [0, 0.1) is 5.92 Å². The minimum absolute atomic E-state index is 0.193. The first-order valence-corrected chi connectivity index (χ1v) is 7.85. The average Bonchev–Trinajstić information content (AvgIpc) is 2.53. The van der Waals surface area contributed by atoms with E-state index in [1.165, 1.54) is 30.4 Å². The van der Waals surface area contributed by atoms with E-state index in [0.29, 0.717) is 5.92 Å². The minimum Gasteiger partial charge on any atom is -0.355 e. The fourth-order valence-electron chi connectivity index (χ4n) is 3.47. The van der Waals surface area contributed by atoms with Crippen LogP contribution in [0.3, 0.4) is 0 Å². The molecule has 2 nitrogen and oxygen atoms in total. The lowest BCUT2D eigenvalue weighted by atomic mass is 9.82. The van der Waals surface area contributed by atoms with E-state index in [0.717, 1.165) is 25.8 Å². The Morgan fingerprint density at radius 2 is 2.10 bits per heavy atom. The molecular formula is C18H23NO. The van der Waals surface area contributed by atoms with Crippen LogP contribution in [0.5, 0.6) is 0 Å². The predicted octanol–water partition coefficient (Wildman–Crippen LogP) is 3.58. The third-order valence-corrected chi connectivity index (χ3v) is 4.66. The summed E-state index contributed by atoms with van der Waals surface area (Å²) in [6, 6.07) is 8.70. The zero-order valence-corrected chi connectivity index (χ0v) is 12.0. The lowest BCUT2D eigenvalue weighted by Crippen LogP contribution is -2.35. The molecule has 2 atom stereocenters. The highest BCUT2D eigenvalue weighted by atomic mass is 16.1. The number of allylic oxidation sites excluding steroid dienone is 2. The third-order valence-electron chi connectivity index (χ3n) is 4.66. The number of benzene rings is 1. The first-order valence-electron chi connectivity index (χ1n) is 7.85. The van der Waals surface area contributed by atoms with Crippen molar-refractivity contribution in [3.05, 3.63) is 47.5 Å². The van der Waals surface area contributed by atoms with E-state index in [9.17, 15) is 4.79 Å². The molecule has 20 heavy (non-hydrogen) atoms. The summed E-state index contributed by atoms with van der Waals surface area (Å²) in [6.07, 6.45) is 10.9. The molecule has 0 aliphatic heterocycles. The molecule has 0 heterocycles. The minimum atomic E-state index is 0.193. The fraction of sp³-hybridized carbons (Fsp3) is 0.500. The molecular weight excluding hydrogens is 246 g/mol. The van der Waals surface area contributed by atoms with Gasteiger partial charge in [0, 0.05) is 18.4 Å². The zero-order chi connectivity index (χ0) is 13.8. The summed E-state index contributed by atoms with van der Waals surface area (Å²) in [5.41, 5.74) is 2.92. The Balaban J connectivity index is 1.59. The van der Waals surface area contributed by atoms with Gasteiger partial charge in [-0.1, -0.05) is 36.4 Å². The summed E-state index contributed by atoms with van der Waals surface area (Å²) in [7, 11) is 0. The summed E-state index contributed by atoms with van der Waals surface area (Å²) in [5.74, 6) is 0.944. The molecule has 1 aromatic carbocycles. The molecule has 1 N–H and O–H groups in total. The van der Waals surface area contributed by atoms with Crippen LogP contribution in [0.1, 0.15) is 49.1 Å². The van der Waals surface area contributed by atoms with Gasteiger partial charge >= 0.3 is 0 Å². The van der Waals surface area contributed by atoms with Gasteiger partial charge in [0.15, 0.2) is 0 Å². The molecule has 2 aliphatic rings. The Labute approximate surface area is 121 Å². The van der Waals surface area contributed by atoms with Gasteiger partial charge in [-0.05, 0) is 49.7 Å². The smallest absolute Gasteiger partial charge is 0.223 e. The Bertz CT molecular complexity index is 506. The molecule has 0 saturated heterocycles. The molecule has 0 unspecified atom stereocenters. The number of carbonyl (C=O) groups is 1. The van der Waals surface area contributed by atoms with Gasteiger partial charge in [-0.3, -0.25) is 4.79 Å². The van der Waals surface area contributed by atoms with E-state index in [2.05, 4.69) is 41.7 Å². The van der Waals surface area contributed by atoms with Crippen LogP contribution in [-0.4, -0.2) is 12.5 Å². The first-order chi connectivity index (χ1) is 9.84. The van der Waals surface area contributed by atoms with Crippen LogP contribution in [0.15, 0.2) is 36.4 Å². The molecule has 106 valence electrons. The van der Waals surface area contributed by atoms with Gasteiger partial charge in [0.1, 0.15) is 0 Å². The van der Waals surface area contributed by atoms with Crippen LogP contribution >= 0.6 is 0 Å². The van der Waals surface area contributed by atoms with Crippen LogP contribution in [-0.2, 0) is 11.2 Å². The SMILES string of the molecule is O=C(NC[C@H]1CCCc2ccccc21)[C@@H]1CC=CCC1. The van der Waals surface area contributed by atoms with Crippen molar-refractivity contribution in [3.8, 4) is 0 Å². The standard InChI is InChI=1S/C18H23NO/c20-18(15-8-2-1-3-9-15)19-13-16-11-6-10-14-7-4-5-12-17(14)16/h1-2,4-5,7,12,15-16H,3,6,8-11,13H2,(H,19,20)/t15-,16-/m1/s1. The van der Waals surface area contributed by atoms with Gasteiger partial charge in [0.2, 0.25) is 5.91 Å². The van der Waals surface area contributed by atoms with Crippen molar-refractivity contribution in [1.82, 2.24) is 5.32 Å². The number of hydrogen-bond acceptors (Lipinski definition) is 1. The highest BCUT2D eigenvalue weighted by Crippen LogP contribution is 2.31. The maximum absolute atomic E-state index is 12.2. The van der Waals surface area contributed by atoms with Crippen molar-refractivity contribution in [2.45, 2.75) is 44.4 Å². The van der Waals surface area contributed by atoms with Crippen molar-refractivity contribution >= 4 is 5.91 Å². The second-order valence-corrected chi connectivity index (χ2v) is 6.01. The highest BCUT2D eigenvalue weighted by Gasteiger charge is 2.23. The molecule has 0 radical (unpaired) electrons. The number of nitrogens with one attached hydrogen (secondary N) is 1. The molecule has 1 amide bonds. The van der Waals surface area contributed by atoms with Crippen molar-refractivity contribution in [1.29, 1.82) is 0 Å². The van der Waals surface area contributed by atoms with Gasteiger partial charge in [0.05, 0.1) is 0 Å². The zero-order valence-electron chi connectivity index (χ0n) is 12.0. The summed E-state index contributed by atoms with van der Waals surface area (Å²) >= 11 is 0. The van der Waals surface area contributed by atoms with Crippen molar-refractivity contribution < 1.29 is 4.79 Å². The topological polar surface area (TPSA) is 29.1 Å². The Hall–Kier alpha value is -1.57. The van der Waals surface area contributed by atoms with Gasteiger partial charge < -0.3 is 5.32 Å². The third kappa shape index (κ3) is 2.95. The monoisotopic (exact) mass is 269 g/mol. The maximum Gasteiger partial charge on any atom is 0.223 e. The number of carbonyl (C=O) groups excluding carboxylic acids is 1. The Kier molecular flexibility index (Phi) is 4.19. The molecule has 0 spiro atoms. The number of fused-ring (bicyclic) bond motifs is 1. The van der Waals surface area contributed by atoms with Crippen LogP contribution < -0.4 is 5.32 Å². The molecule has 0 bridgehead atoms. The van der Waals surface area contributed by atoms with E-state index in [4.69, 9.17) is 0 Å². The van der Waals surface area contributed by atoms with Gasteiger partial charge in [-0.2, -0.15) is 0 Å². The summed E-state index contributed by atoms with van der Waals surface area (Å²) in [6.45, 7) is 0.802. The summed E-state index contributed by atoms with van der Waals surface area (Å²) < 4.78 is 0. The molecule has 0 saturated carbocycles. The molecule has 2 aliphatic carbocycles. The average molecular weight is 269 g/mol. The van der Waals surface area contributed by atoms with Crippen molar-refractivity contribution in [2.75, 3.05) is 6.54 Å². The first kappa shape index (κ1) is 13.4. The Morgan fingerprint density at radius 3 is 2.95 bits per heavy atom. The van der Waals surface area contributed by atoms with E-state index in [1.54, 1.807) is 0 Å². The highest BCUT2D eigenvalue weighted by molar-refractivity contribution is 5.79. The van der Waals surface area contributed by atoms with Crippen LogP contribution in [0.2, 0.25) is 0 Å². The number of hydrogen-bond donors (Lipinski definition) is 1. The van der Waals surface area contributed by atoms with Gasteiger partial charge in [-0.15, -0.1) is 0 Å². The fourth-order valence-corrected chi connectivity index (χ4v) is 3.47. The van der Waals surface area contributed by atoms with E-state index in [1.807, 2.05) is 0 Å². The lowest BCUT2D eigenvalue weighted by molar-refractivity contribution is -0.125. The summed E-state index contributed by atoms with van der Waals surface area (Å²) in [5, 5.41) is 3.19. The molecule has 1 aromatic rings. The van der Waals surface area contributed by atoms with Gasteiger partial charge in [0.25, 0.3) is 0 Å². The van der Waals surface area contributed by atoms with Crippen LogP contribution in [0.4, 0.5) is 0 Å². The Morgan fingerprint density at radius 1 is 1.20 bits per heavy atom. The predicted molar refractivity (Wildman–Crippen MR) is 81.6 cm³/mol. The van der Waals surface area contributed by atoms with Crippen molar-refractivity contribution in [3.63, 3.8) is 0 Å². The number of rotatable bonds is 3. The number of aryl methyl sites for hydroxylation is 1. The van der Waals surface area contributed by atoms with Gasteiger partial charge in [-0.25, -0.2) is 0 Å². The summed E-state index contributed by atoms with van der Waals surface area (Å²) in [4.78, 5) is 12.2. The lowest BCUT2D eigenvalue weighted by Gasteiger charge is -2.26. The number of amides is 1. The molecule has 3 rings (SSSR count). The molecule has 0 aromatic heterocycles. The molecule has 2 heteroatoms. The normalized spacial score (nSPS) is 25.0. The van der Waals surface area contributed by atoms with E-state index in [-0.39, 0.29) is 11.8 Å². The van der Waals surface area contributed by atoms with E-state index >= 15 is 0 Å². The quantitative estimate of drug-likeness (QED) is 0.835. The largest absolute Gasteiger partial charge is 0.355 e. The van der Waals surface area contributed by atoms with Crippen LogP contribution in [0.25, 0.3) is 0 Å². The maximum atomic E-state index is 12.2. The van der Waals surface area contributed by atoms with Crippen molar-refractivity contribution in [2.24, 2.45) is 5.92 Å².